The topological polar surface area (TPSA) is 50.4 Å². The highest BCUT2D eigenvalue weighted by molar-refractivity contribution is 5.92. The highest BCUT2D eigenvalue weighted by Gasteiger charge is 2.44. The SMILES string of the molecule is Cc1cc(C)cc(NC(N)=NCC2(c3cccc(F)c3)CC2)c1. The van der Waals surface area contributed by atoms with Crippen molar-refractivity contribution in [3.05, 3.63) is 65.0 Å². The third-order valence-electron chi connectivity index (χ3n) is 4.34. The van der Waals surface area contributed by atoms with Crippen molar-refractivity contribution in [3.63, 3.8) is 0 Å². The number of benzene rings is 2. The molecule has 0 saturated heterocycles. The molecule has 3 rings (SSSR count). The summed E-state index contributed by atoms with van der Waals surface area (Å²) < 4.78 is 13.4. The Morgan fingerprint density at radius 3 is 2.48 bits per heavy atom. The zero-order chi connectivity index (χ0) is 16.4. The van der Waals surface area contributed by atoms with Crippen LogP contribution in [0.5, 0.6) is 0 Å². The molecule has 0 amide bonds. The third kappa shape index (κ3) is 3.70. The van der Waals surface area contributed by atoms with E-state index >= 15 is 0 Å². The smallest absolute Gasteiger partial charge is 0.193 e. The number of halogens is 1. The summed E-state index contributed by atoms with van der Waals surface area (Å²) in [4.78, 5) is 4.48. The lowest BCUT2D eigenvalue weighted by molar-refractivity contribution is 0.616. The van der Waals surface area contributed by atoms with E-state index in [-0.39, 0.29) is 11.2 Å². The standard InChI is InChI=1S/C19H22FN3/c1-13-8-14(2)10-17(9-13)23-18(21)22-12-19(6-7-19)15-4-3-5-16(20)11-15/h3-5,8-11H,6-7,12H2,1-2H3,(H3,21,22,23). The molecule has 3 N–H and O–H groups in total. The predicted molar refractivity (Wildman–Crippen MR) is 93.3 cm³/mol. The van der Waals surface area contributed by atoms with Gasteiger partial charge in [0, 0.05) is 11.1 Å². The summed E-state index contributed by atoms with van der Waals surface area (Å²) in [5, 5.41) is 3.14. The van der Waals surface area contributed by atoms with Crippen LogP contribution in [0.1, 0.15) is 29.5 Å². The molecule has 23 heavy (non-hydrogen) atoms. The number of hydrogen-bond donors (Lipinski definition) is 2. The summed E-state index contributed by atoms with van der Waals surface area (Å²) in [6, 6.07) is 13.0. The number of rotatable bonds is 4. The van der Waals surface area contributed by atoms with Gasteiger partial charge in [-0.25, -0.2) is 4.39 Å². The molecule has 0 spiro atoms. The normalized spacial score (nSPS) is 16.2. The average molecular weight is 311 g/mol. The Balaban J connectivity index is 1.70. The summed E-state index contributed by atoms with van der Waals surface area (Å²) in [5.41, 5.74) is 10.3. The Morgan fingerprint density at radius 1 is 1.17 bits per heavy atom. The van der Waals surface area contributed by atoms with Crippen LogP contribution in [0.3, 0.4) is 0 Å². The molecule has 2 aromatic rings. The second-order valence-corrected chi connectivity index (χ2v) is 6.49. The van der Waals surface area contributed by atoms with E-state index < -0.39 is 0 Å². The average Bonchev–Trinajstić information content (AvgIpc) is 3.25. The molecule has 3 nitrogen and oxygen atoms in total. The Hall–Kier alpha value is -2.36. The molecule has 0 aliphatic heterocycles. The minimum atomic E-state index is -0.195. The number of nitrogens with two attached hydrogens (primary N) is 1. The van der Waals surface area contributed by atoms with Gasteiger partial charge in [0.25, 0.3) is 0 Å². The van der Waals surface area contributed by atoms with Crippen molar-refractivity contribution < 1.29 is 4.39 Å². The van der Waals surface area contributed by atoms with E-state index in [1.54, 1.807) is 12.1 Å². The van der Waals surface area contributed by atoms with Crippen LogP contribution in [0.15, 0.2) is 47.5 Å². The molecule has 0 radical (unpaired) electrons. The van der Waals surface area contributed by atoms with E-state index in [4.69, 9.17) is 5.73 Å². The fourth-order valence-electron chi connectivity index (χ4n) is 2.98. The quantitative estimate of drug-likeness (QED) is 0.664. The number of aryl methyl sites for hydroxylation is 2. The van der Waals surface area contributed by atoms with Crippen molar-refractivity contribution in [2.45, 2.75) is 32.1 Å². The second-order valence-electron chi connectivity index (χ2n) is 6.49. The number of nitrogens with one attached hydrogen (secondary N) is 1. The van der Waals surface area contributed by atoms with E-state index in [0.29, 0.717) is 12.5 Å². The van der Waals surface area contributed by atoms with Crippen molar-refractivity contribution >= 4 is 11.6 Å². The van der Waals surface area contributed by atoms with Gasteiger partial charge >= 0.3 is 0 Å². The van der Waals surface area contributed by atoms with Gasteiger partial charge in [-0.05, 0) is 67.6 Å². The van der Waals surface area contributed by atoms with Gasteiger partial charge in [-0.2, -0.15) is 0 Å². The Bertz CT molecular complexity index is 728. The molecule has 2 aromatic carbocycles. The molecular weight excluding hydrogens is 289 g/mol. The number of nitrogens with zero attached hydrogens (tertiary/aromatic N) is 1. The van der Waals surface area contributed by atoms with Crippen LogP contribution in [0.25, 0.3) is 0 Å². The second kappa shape index (κ2) is 6.03. The van der Waals surface area contributed by atoms with Crippen molar-refractivity contribution in [1.82, 2.24) is 0 Å². The number of aliphatic imine (C=N–C) groups is 1. The van der Waals surface area contributed by atoms with E-state index in [1.807, 2.05) is 18.2 Å². The fraction of sp³-hybridized carbons (Fsp3) is 0.316. The van der Waals surface area contributed by atoms with E-state index in [0.717, 1.165) is 24.1 Å². The lowest BCUT2D eigenvalue weighted by atomic mass is 9.96. The number of guanidine groups is 1. The summed E-state index contributed by atoms with van der Waals surface area (Å²) in [7, 11) is 0. The highest BCUT2D eigenvalue weighted by Crippen LogP contribution is 2.48. The molecular formula is C19H22FN3. The maximum Gasteiger partial charge on any atom is 0.193 e. The molecule has 0 bridgehead atoms. The van der Waals surface area contributed by atoms with Crippen LogP contribution in [-0.4, -0.2) is 12.5 Å². The number of hydrogen-bond acceptors (Lipinski definition) is 1. The Labute approximate surface area is 136 Å². The van der Waals surface area contributed by atoms with Gasteiger partial charge in [-0.3, -0.25) is 4.99 Å². The van der Waals surface area contributed by atoms with E-state index in [1.165, 1.54) is 17.2 Å². The maximum absolute atomic E-state index is 13.4. The van der Waals surface area contributed by atoms with Gasteiger partial charge in [0.2, 0.25) is 0 Å². The first-order valence-electron chi connectivity index (χ1n) is 7.88. The van der Waals surface area contributed by atoms with Crippen molar-refractivity contribution in [2.24, 2.45) is 10.7 Å². The van der Waals surface area contributed by atoms with E-state index in [9.17, 15) is 4.39 Å². The van der Waals surface area contributed by atoms with E-state index in [2.05, 4.69) is 30.2 Å². The van der Waals surface area contributed by atoms with Crippen LogP contribution in [0.4, 0.5) is 10.1 Å². The molecule has 1 fully saturated rings. The lowest BCUT2D eigenvalue weighted by Gasteiger charge is -2.14. The van der Waals surface area contributed by atoms with Crippen LogP contribution in [-0.2, 0) is 5.41 Å². The molecule has 0 atom stereocenters. The summed E-state index contributed by atoms with van der Waals surface area (Å²) >= 11 is 0. The van der Waals surface area contributed by atoms with Gasteiger partial charge in [0.15, 0.2) is 5.96 Å². The van der Waals surface area contributed by atoms with Crippen molar-refractivity contribution in [3.8, 4) is 0 Å². The number of anilines is 1. The molecule has 1 saturated carbocycles. The zero-order valence-electron chi connectivity index (χ0n) is 13.6. The Kier molecular flexibility index (Phi) is 4.07. The minimum Gasteiger partial charge on any atom is -0.370 e. The summed E-state index contributed by atoms with van der Waals surface area (Å²) in [6.45, 7) is 4.68. The largest absolute Gasteiger partial charge is 0.370 e. The molecule has 0 aromatic heterocycles. The first-order chi connectivity index (χ1) is 11.0. The van der Waals surface area contributed by atoms with Gasteiger partial charge in [0.1, 0.15) is 5.82 Å². The van der Waals surface area contributed by atoms with Crippen LogP contribution < -0.4 is 11.1 Å². The van der Waals surface area contributed by atoms with Crippen LogP contribution in [0.2, 0.25) is 0 Å². The maximum atomic E-state index is 13.4. The summed E-state index contributed by atoms with van der Waals surface area (Å²) in [5.74, 6) is 0.205. The monoisotopic (exact) mass is 311 g/mol. The first-order valence-corrected chi connectivity index (χ1v) is 7.88. The van der Waals surface area contributed by atoms with Crippen molar-refractivity contribution in [2.75, 3.05) is 11.9 Å². The van der Waals surface area contributed by atoms with Crippen LogP contribution >= 0.6 is 0 Å². The van der Waals surface area contributed by atoms with Gasteiger partial charge in [-0.15, -0.1) is 0 Å². The summed E-state index contributed by atoms with van der Waals surface area (Å²) in [6.07, 6.45) is 2.05. The van der Waals surface area contributed by atoms with Gasteiger partial charge < -0.3 is 11.1 Å². The first kappa shape index (κ1) is 15.5. The van der Waals surface area contributed by atoms with Crippen LogP contribution in [0, 0.1) is 19.7 Å². The van der Waals surface area contributed by atoms with Crippen molar-refractivity contribution in [1.29, 1.82) is 0 Å². The van der Waals surface area contributed by atoms with Gasteiger partial charge in [-0.1, -0.05) is 18.2 Å². The molecule has 1 aliphatic carbocycles. The fourth-order valence-corrected chi connectivity index (χ4v) is 2.98. The predicted octanol–water partition coefficient (Wildman–Crippen LogP) is 3.90. The third-order valence-corrected chi connectivity index (χ3v) is 4.34. The van der Waals surface area contributed by atoms with Gasteiger partial charge in [0.05, 0.1) is 6.54 Å². The highest BCUT2D eigenvalue weighted by atomic mass is 19.1. The molecule has 0 unspecified atom stereocenters. The molecule has 4 heteroatoms. The lowest BCUT2D eigenvalue weighted by Crippen LogP contribution is -2.25. The Morgan fingerprint density at radius 2 is 1.87 bits per heavy atom. The zero-order valence-corrected chi connectivity index (χ0v) is 13.6. The molecule has 0 heterocycles. The molecule has 1 aliphatic rings. The molecule has 120 valence electrons. The minimum absolute atomic E-state index is 0.0447.